The van der Waals surface area contributed by atoms with Crippen LogP contribution in [-0.2, 0) is 11.3 Å². The molecule has 0 bridgehead atoms. The standard InChI is InChI=1S/C17H31N5O2.HI/c1-15(2)4-11-23-13-6-19-17(18-3)22-9-7-21(8-10-22)14-16-5-12-24-20-16;/h5,12,15H,4,6-11,13-14H2,1-3H3,(H,18,19);1H. The maximum atomic E-state index is 5.64. The molecule has 25 heavy (non-hydrogen) atoms. The van der Waals surface area contributed by atoms with Crippen LogP contribution in [0.3, 0.4) is 0 Å². The first-order valence-electron chi connectivity index (χ1n) is 8.84. The Morgan fingerprint density at radius 3 is 2.68 bits per heavy atom. The highest BCUT2D eigenvalue weighted by Gasteiger charge is 2.20. The molecule has 1 fully saturated rings. The van der Waals surface area contributed by atoms with Crippen molar-refractivity contribution in [1.82, 2.24) is 20.3 Å². The van der Waals surface area contributed by atoms with Crippen LogP contribution in [0.25, 0.3) is 0 Å². The van der Waals surface area contributed by atoms with Crippen LogP contribution in [-0.4, -0.2) is 73.9 Å². The Hall–Kier alpha value is -0.870. The molecule has 1 aromatic heterocycles. The van der Waals surface area contributed by atoms with E-state index in [0.717, 1.165) is 70.6 Å². The van der Waals surface area contributed by atoms with Gasteiger partial charge < -0.3 is 19.5 Å². The Morgan fingerprint density at radius 1 is 1.32 bits per heavy atom. The number of guanidine groups is 1. The molecule has 2 rings (SSSR count). The number of hydrogen-bond acceptors (Lipinski definition) is 5. The van der Waals surface area contributed by atoms with Crippen molar-refractivity contribution in [3.63, 3.8) is 0 Å². The van der Waals surface area contributed by atoms with Crippen molar-refractivity contribution < 1.29 is 9.26 Å². The molecule has 0 amide bonds. The third-order valence-corrected chi connectivity index (χ3v) is 4.13. The normalized spacial score (nSPS) is 16.2. The summed E-state index contributed by atoms with van der Waals surface area (Å²) in [6.07, 6.45) is 2.74. The molecule has 1 N–H and O–H groups in total. The van der Waals surface area contributed by atoms with Crippen molar-refractivity contribution in [2.24, 2.45) is 10.9 Å². The minimum Gasteiger partial charge on any atom is -0.380 e. The molecule has 144 valence electrons. The molecule has 0 unspecified atom stereocenters. The minimum absolute atomic E-state index is 0. The van der Waals surface area contributed by atoms with Gasteiger partial charge in [0.25, 0.3) is 0 Å². The molecule has 0 aromatic carbocycles. The summed E-state index contributed by atoms with van der Waals surface area (Å²) in [6, 6.07) is 1.92. The van der Waals surface area contributed by atoms with Crippen LogP contribution in [0.1, 0.15) is 26.0 Å². The molecule has 1 aromatic rings. The molecule has 1 aliphatic heterocycles. The van der Waals surface area contributed by atoms with E-state index in [1.54, 1.807) is 6.26 Å². The van der Waals surface area contributed by atoms with Gasteiger partial charge in [-0.05, 0) is 12.3 Å². The fourth-order valence-electron chi connectivity index (χ4n) is 2.65. The highest BCUT2D eigenvalue weighted by atomic mass is 127. The summed E-state index contributed by atoms with van der Waals surface area (Å²) in [5, 5.41) is 7.37. The van der Waals surface area contributed by atoms with Crippen LogP contribution in [0.2, 0.25) is 0 Å². The Kier molecular flexibility index (Phi) is 11.1. The molecule has 1 aliphatic rings. The summed E-state index contributed by atoms with van der Waals surface area (Å²) in [4.78, 5) is 9.07. The molecule has 0 atom stereocenters. The predicted octanol–water partition coefficient (Wildman–Crippen LogP) is 2.05. The molecule has 0 spiro atoms. The summed E-state index contributed by atoms with van der Waals surface area (Å²) in [5.74, 6) is 1.66. The zero-order chi connectivity index (χ0) is 17.2. The Labute approximate surface area is 168 Å². The lowest BCUT2D eigenvalue weighted by molar-refractivity contribution is 0.126. The third kappa shape index (κ3) is 8.37. The molecule has 0 saturated carbocycles. The maximum absolute atomic E-state index is 5.64. The number of rotatable bonds is 8. The summed E-state index contributed by atoms with van der Waals surface area (Å²) >= 11 is 0. The van der Waals surface area contributed by atoms with Gasteiger partial charge in [-0.25, -0.2) is 0 Å². The lowest BCUT2D eigenvalue weighted by Gasteiger charge is -2.36. The van der Waals surface area contributed by atoms with E-state index in [4.69, 9.17) is 9.26 Å². The minimum atomic E-state index is 0. The van der Waals surface area contributed by atoms with Crippen molar-refractivity contribution in [3.8, 4) is 0 Å². The van der Waals surface area contributed by atoms with Gasteiger partial charge >= 0.3 is 0 Å². The van der Waals surface area contributed by atoms with E-state index < -0.39 is 0 Å². The number of nitrogens with zero attached hydrogens (tertiary/aromatic N) is 4. The van der Waals surface area contributed by atoms with Crippen molar-refractivity contribution in [2.45, 2.75) is 26.8 Å². The first kappa shape index (κ1) is 22.2. The number of hydrogen-bond donors (Lipinski definition) is 1. The van der Waals surface area contributed by atoms with Gasteiger partial charge in [-0.1, -0.05) is 19.0 Å². The third-order valence-electron chi connectivity index (χ3n) is 4.13. The fraction of sp³-hybridized carbons (Fsp3) is 0.765. The van der Waals surface area contributed by atoms with E-state index in [-0.39, 0.29) is 24.0 Å². The van der Waals surface area contributed by atoms with Crippen molar-refractivity contribution in [1.29, 1.82) is 0 Å². The molecular weight excluding hydrogens is 433 g/mol. The first-order valence-corrected chi connectivity index (χ1v) is 8.84. The number of aromatic nitrogens is 1. The second-order valence-electron chi connectivity index (χ2n) is 6.52. The smallest absolute Gasteiger partial charge is 0.193 e. The Balaban J connectivity index is 0.00000312. The van der Waals surface area contributed by atoms with E-state index in [0.29, 0.717) is 5.92 Å². The number of nitrogens with one attached hydrogen (secondary N) is 1. The van der Waals surface area contributed by atoms with Crippen molar-refractivity contribution in [3.05, 3.63) is 18.0 Å². The van der Waals surface area contributed by atoms with E-state index in [9.17, 15) is 0 Å². The van der Waals surface area contributed by atoms with Crippen LogP contribution in [0, 0.1) is 5.92 Å². The first-order chi connectivity index (χ1) is 11.7. The predicted molar refractivity (Wildman–Crippen MR) is 110 cm³/mol. The van der Waals surface area contributed by atoms with Crippen molar-refractivity contribution in [2.75, 3.05) is 53.0 Å². The number of aliphatic imine (C=N–C) groups is 1. The second kappa shape index (κ2) is 12.5. The van der Waals surface area contributed by atoms with Gasteiger partial charge in [0.05, 0.1) is 12.3 Å². The van der Waals surface area contributed by atoms with Crippen LogP contribution >= 0.6 is 24.0 Å². The number of halogens is 1. The number of piperazine rings is 1. The number of ether oxygens (including phenoxy) is 1. The molecule has 2 heterocycles. The largest absolute Gasteiger partial charge is 0.380 e. The summed E-state index contributed by atoms with van der Waals surface area (Å²) in [5.41, 5.74) is 0.990. The zero-order valence-corrected chi connectivity index (χ0v) is 17.9. The SMILES string of the molecule is CN=C(NCCOCCC(C)C)N1CCN(Cc2ccon2)CC1.I. The van der Waals surface area contributed by atoms with Crippen molar-refractivity contribution >= 4 is 29.9 Å². The molecule has 1 saturated heterocycles. The second-order valence-corrected chi connectivity index (χ2v) is 6.52. The van der Waals surface area contributed by atoms with Crippen LogP contribution in [0.5, 0.6) is 0 Å². The van der Waals surface area contributed by atoms with Gasteiger partial charge in [0.15, 0.2) is 5.96 Å². The monoisotopic (exact) mass is 465 g/mol. The summed E-state index contributed by atoms with van der Waals surface area (Å²) in [7, 11) is 1.84. The van der Waals surface area contributed by atoms with E-state index in [1.807, 2.05) is 13.1 Å². The fourth-order valence-corrected chi connectivity index (χ4v) is 2.65. The van der Waals surface area contributed by atoms with E-state index in [1.165, 1.54) is 0 Å². The van der Waals surface area contributed by atoms with E-state index >= 15 is 0 Å². The van der Waals surface area contributed by atoms with Gasteiger partial charge in [-0.3, -0.25) is 9.89 Å². The summed E-state index contributed by atoms with van der Waals surface area (Å²) in [6.45, 7) is 11.5. The average Bonchev–Trinajstić information content (AvgIpc) is 3.08. The van der Waals surface area contributed by atoms with Gasteiger partial charge in [0.1, 0.15) is 6.26 Å². The average molecular weight is 465 g/mol. The van der Waals surface area contributed by atoms with Gasteiger partial charge in [-0.15, -0.1) is 24.0 Å². The quantitative estimate of drug-likeness (QED) is 0.275. The van der Waals surface area contributed by atoms with Crippen LogP contribution < -0.4 is 5.32 Å². The van der Waals surface area contributed by atoms with E-state index in [2.05, 4.69) is 39.1 Å². The molecule has 0 radical (unpaired) electrons. The highest BCUT2D eigenvalue weighted by molar-refractivity contribution is 14.0. The maximum Gasteiger partial charge on any atom is 0.193 e. The van der Waals surface area contributed by atoms with Gasteiger partial charge in [0.2, 0.25) is 0 Å². The molecule has 0 aliphatic carbocycles. The Bertz CT molecular complexity index is 473. The Morgan fingerprint density at radius 2 is 2.08 bits per heavy atom. The van der Waals surface area contributed by atoms with Gasteiger partial charge in [-0.2, -0.15) is 0 Å². The van der Waals surface area contributed by atoms with Crippen LogP contribution in [0.4, 0.5) is 0 Å². The molecular formula is C17H32IN5O2. The van der Waals surface area contributed by atoms with Gasteiger partial charge in [0, 0.05) is 59.0 Å². The lowest BCUT2D eigenvalue weighted by atomic mass is 10.1. The molecule has 7 nitrogen and oxygen atoms in total. The lowest BCUT2D eigenvalue weighted by Crippen LogP contribution is -2.52. The molecule has 8 heteroatoms. The highest BCUT2D eigenvalue weighted by Crippen LogP contribution is 2.07. The van der Waals surface area contributed by atoms with Crippen LogP contribution in [0.15, 0.2) is 21.8 Å². The zero-order valence-electron chi connectivity index (χ0n) is 15.6. The topological polar surface area (TPSA) is 66.1 Å². The summed E-state index contributed by atoms with van der Waals surface area (Å²) < 4.78 is 10.5.